The van der Waals surface area contributed by atoms with E-state index in [-0.39, 0.29) is 0 Å². The maximum Gasteiger partial charge on any atom is 0.119 e. The number of piperazine rings is 1. The summed E-state index contributed by atoms with van der Waals surface area (Å²) < 4.78 is 14.6. The SMILES string of the molecule is CN1CCN(C/C2=C/C(F)CCC(Br)=C=C2)CC1. The first-order chi connectivity index (χ1) is 8.63. The van der Waals surface area contributed by atoms with Crippen LogP contribution in [0.15, 0.2) is 27.9 Å². The summed E-state index contributed by atoms with van der Waals surface area (Å²) in [7, 11) is 2.14. The Balaban J connectivity index is 2.00. The molecule has 0 radical (unpaired) electrons. The molecule has 2 aliphatic rings. The van der Waals surface area contributed by atoms with Gasteiger partial charge in [-0.15, -0.1) is 5.73 Å². The fourth-order valence-corrected chi connectivity index (χ4v) is 2.58. The van der Waals surface area contributed by atoms with Crippen molar-refractivity contribution >= 4 is 15.9 Å². The Kier molecular flexibility index (Phi) is 5.19. The fraction of sp³-hybridized carbons (Fsp3) is 0.643. The molecule has 2 nitrogen and oxygen atoms in total. The van der Waals surface area contributed by atoms with Crippen molar-refractivity contribution in [3.8, 4) is 0 Å². The van der Waals surface area contributed by atoms with Crippen LogP contribution in [0.2, 0.25) is 0 Å². The molecule has 4 heteroatoms. The molecule has 0 bridgehead atoms. The van der Waals surface area contributed by atoms with Crippen LogP contribution in [-0.4, -0.2) is 55.7 Å². The predicted octanol–water partition coefficient (Wildman–Crippen LogP) is 2.73. The molecule has 0 saturated carbocycles. The number of allylic oxidation sites excluding steroid dienone is 1. The minimum Gasteiger partial charge on any atom is -0.304 e. The van der Waals surface area contributed by atoms with E-state index >= 15 is 0 Å². The number of likely N-dealkylation sites (N-methyl/N-ethyl adjacent to an activating group) is 1. The summed E-state index contributed by atoms with van der Waals surface area (Å²) >= 11 is 3.42. The Morgan fingerprint density at radius 2 is 2.11 bits per heavy atom. The molecule has 1 atom stereocenters. The zero-order valence-electron chi connectivity index (χ0n) is 10.8. The molecule has 18 heavy (non-hydrogen) atoms. The number of hydrogen-bond donors (Lipinski definition) is 0. The topological polar surface area (TPSA) is 6.48 Å². The van der Waals surface area contributed by atoms with Crippen LogP contribution in [0.25, 0.3) is 0 Å². The van der Waals surface area contributed by atoms with Gasteiger partial charge in [-0.3, -0.25) is 4.90 Å². The summed E-state index contributed by atoms with van der Waals surface area (Å²) in [5.41, 5.74) is 4.23. The first-order valence-corrected chi connectivity index (χ1v) is 7.29. The van der Waals surface area contributed by atoms with Crippen molar-refractivity contribution in [2.45, 2.75) is 19.0 Å². The highest BCUT2D eigenvalue weighted by atomic mass is 79.9. The first-order valence-electron chi connectivity index (χ1n) is 6.50. The third-order valence-corrected chi connectivity index (χ3v) is 4.08. The van der Waals surface area contributed by atoms with Crippen LogP contribution in [0, 0.1) is 0 Å². The lowest BCUT2D eigenvalue weighted by molar-refractivity contribution is 0.164. The Labute approximate surface area is 117 Å². The molecule has 0 aromatic heterocycles. The van der Waals surface area contributed by atoms with Crippen molar-refractivity contribution in [2.24, 2.45) is 0 Å². The number of nitrogens with zero attached hydrogens (tertiary/aromatic N) is 2. The van der Waals surface area contributed by atoms with E-state index in [0.717, 1.165) is 49.2 Å². The molecular weight excluding hydrogens is 295 g/mol. The second-order valence-electron chi connectivity index (χ2n) is 5.07. The quantitative estimate of drug-likeness (QED) is 0.723. The lowest BCUT2D eigenvalue weighted by Gasteiger charge is -2.32. The molecule has 0 amide bonds. The Hall–Kier alpha value is -0.410. The number of hydrogen-bond acceptors (Lipinski definition) is 2. The Morgan fingerprint density at radius 3 is 2.83 bits per heavy atom. The van der Waals surface area contributed by atoms with Gasteiger partial charge in [-0.05, 0) is 53.5 Å². The molecule has 1 saturated heterocycles. The van der Waals surface area contributed by atoms with Gasteiger partial charge in [0.15, 0.2) is 0 Å². The van der Waals surface area contributed by atoms with E-state index in [4.69, 9.17) is 0 Å². The van der Waals surface area contributed by atoms with Crippen molar-refractivity contribution in [3.63, 3.8) is 0 Å². The smallest absolute Gasteiger partial charge is 0.119 e. The molecule has 1 aliphatic heterocycles. The van der Waals surface area contributed by atoms with Gasteiger partial charge in [0.05, 0.1) is 0 Å². The van der Waals surface area contributed by atoms with Gasteiger partial charge < -0.3 is 4.90 Å². The third kappa shape index (κ3) is 4.36. The minimum atomic E-state index is -0.835. The summed E-state index contributed by atoms with van der Waals surface area (Å²) in [5.74, 6) is 0. The van der Waals surface area contributed by atoms with E-state index in [0.29, 0.717) is 6.42 Å². The van der Waals surface area contributed by atoms with Crippen LogP contribution >= 0.6 is 15.9 Å². The van der Waals surface area contributed by atoms with Gasteiger partial charge in [0, 0.05) is 37.2 Å². The summed E-state index contributed by atoms with van der Waals surface area (Å²) in [5, 5.41) is 0. The van der Waals surface area contributed by atoms with Gasteiger partial charge in [0.25, 0.3) is 0 Å². The van der Waals surface area contributed by atoms with Crippen LogP contribution in [0.3, 0.4) is 0 Å². The molecule has 1 aliphatic carbocycles. The molecule has 0 aromatic rings. The molecule has 0 spiro atoms. The average molecular weight is 315 g/mol. The van der Waals surface area contributed by atoms with Gasteiger partial charge in [0.1, 0.15) is 6.17 Å². The van der Waals surface area contributed by atoms with Crippen LogP contribution in [0.4, 0.5) is 4.39 Å². The largest absolute Gasteiger partial charge is 0.304 e. The lowest BCUT2D eigenvalue weighted by atomic mass is 10.1. The van der Waals surface area contributed by atoms with E-state index in [2.05, 4.69) is 38.5 Å². The van der Waals surface area contributed by atoms with Crippen molar-refractivity contribution in [3.05, 3.63) is 27.9 Å². The normalized spacial score (nSPS) is 30.3. The van der Waals surface area contributed by atoms with Crippen molar-refractivity contribution in [2.75, 3.05) is 39.8 Å². The van der Waals surface area contributed by atoms with Gasteiger partial charge in [0.2, 0.25) is 0 Å². The summed E-state index contributed by atoms with van der Waals surface area (Å²) in [6.45, 7) is 5.14. The predicted molar refractivity (Wildman–Crippen MR) is 76.7 cm³/mol. The molecule has 1 heterocycles. The highest BCUT2D eigenvalue weighted by molar-refractivity contribution is 9.11. The monoisotopic (exact) mass is 314 g/mol. The zero-order chi connectivity index (χ0) is 13.0. The average Bonchev–Trinajstić information content (AvgIpc) is 2.34. The molecule has 2 rings (SSSR count). The highest BCUT2D eigenvalue weighted by Gasteiger charge is 2.15. The van der Waals surface area contributed by atoms with Crippen molar-refractivity contribution in [1.82, 2.24) is 9.80 Å². The maximum atomic E-state index is 13.7. The van der Waals surface area contributed by atoms with E-state index in [9.17, 15) is 4.39 Å². The number of alkyl halides is 1. The number of halogens is 2. The second kappa shape index (κ2) is 6.67. The van der Waals surface area contributed by atoms with E-state index in [1.54, 1.807) is 6.08 Å². The molecule has 1 fully saturated rings. The third-order valence-electron chi connectivity index (χ3n) is 3.45. The molecule has 0 N–H and O–H groups in total. The molecule has 0 aromatic carbocycles. The Morgan fingerprint density at radius 1 is 1.39 bits per heavy atom. The van der Waals surface area contributed by atoms with Crippen LogP contribution < -0.4 is 0 Å². The summed E-state index contributed by atoms with van der Waals surface area (Å²) in [4.78, 5) is 4.71. The van der Waals surface area contributed by atoms with E-state index in [1.165, 1.54) is 0 Å². The van der Waals surface area contributed by atoms with Crippen molar-refractivity contribution in [1.29, 1.82) is 0 Å². The standard InChI is InChI=1S/C14H20BrFN2/c1-17-6-8-18(9-7-17)11-12-2-3-13(15)4-5-14(16)10-12/h2,10,14H,4-9,11H2,1H3/b12-10+. The van der Waals surface area contributed by atoms with Gasteiger partial charge in [-0.2, -0.15) is 0 Å². The maximum absolute atomic E-state index is 13.7. The summed E-state index contributed by atoms with van der Waals surface area (Å²) in [6.07, 6.45) is 4.13. The number of rotatable bonds is 2. The van der Waals surface area contributed by atoms with Crippen molar-refractivity contribution < 1.29 is 4.39 Å². The fourth-order valence-electron chi connectivity index (χ4n) is 2.23. The molecule has 100 valence electrons. The van der Waals surface area contributed by atoms with Gasteiger partial charge in [-0.25, -0.2) is 4.39 Å². The first kappa shape index (κ1) is 14.0. The van der Waals surface area contributed by atoms with Gasteiger partial charge in [-0.1, -0.05) is 0 Å². The van der Waals surface area contributed by atoms with E-state index < -0.39 is 6.17 Å². The second-order valence-corrected chi connectivity index (χ2v) is 6.03. The molecular formula is C14H20BrFN2. The lowest BCUT2D eigenvalue weighted by Crippen LogP contribution is -2.45. The van der Waals surface area contributed by atoms with Gasteiger partial charge >= 0.3 is 0 Å². The van der Waals surface area contributed by atoms with Crippen LogP contribution in [0.1, 0.15) is 12.8 Å². The van der Waals surface area contributed by atoms with Crippen LogP contribution in [-0.2, 0) is 0 Å². The zero-order valence-corrected chi connectivity index (χ0v) is 12.4. The summed E-state index contributed by atoms with van der Waals surface area (Å²) in [6, 6.07) is 0. The molecule has 1 unspecified atom stereocenters. The Bertz CT molecular complexity index is 377. The van der Waals surface area contributed by atoms with E-state index in [1.807, 2.05) is 6.08 Å². The van der Waals surface area contributed by atoms with Crippen LogP contribution in [0.5, 0.6) is 0 Å². The minimum absolute atomic E-state index is 0.549. The highest BCUT2D eigenvalue weighted by Crippen LogP contribution is 2.19.